The minimum Gasteiger partial charge on any atom is -0.481 e. The molecule has 9 heteroatoms. The van der Waals surface area contributed by atoms with Gasteiger partial charge in [0.25, 0.3) is 0 Å². The molecule has 3 aromatic rings. The molecule has 1 fully saturated rings. The number of carbonyl (C=O) groups excluding carboxylic acids is 1. The summed E-state index contributed by atoms with van der Waals surface area (Å²) in [6.07, 6.45) is 5.63. The lowest BCUT2D eigenvalue weighted by atomic mass is 9.85. The van der Waals surface area contributed by atoms with Gasteiger partial charge in [0.05, 0.1) is 35.4 Å². The minimum absolute atomic E-state index is 0.0509. The number of nitrogens with zero attached hydrogens (tertiary/aromatic N) is 4. The lowest BCUT2D eigenvalue weighted by Crippen LogP contribution is -2.42. The van der Waals surface area contributed by atoms with Gasteiger partial charge in [-0.15, -0.1) is 0 Å². The Morgan fingerprint density at radius 1 is 1.17 bits per heavy atom. The molecule has 1 aliphatic heterocycles. The number of aliphatic carboxylic acids is 1. The van der Waals surface area contributed by atoms with Crippen molar-refractivity contribution in [2.75, 3.05) is 12.0 Å². The van der Waals surface area contributed by atoms with E-state index < -0.39 is 5.97 Å². The van der Waals surface area contributed by atoms with Gasteiger partial charge >= 0.3 is 12.1 Å². The Labute approximate surface area is 204 Å². The molecule has 1 amide bonds. The van der Waals surface area contributed by atoms with E-state index in [1.165, 1.54) is 7.11 Å². The first-order valence-corrected chi connectivity index (χ1v) is 12.4. The van der Waals surface area contributed by atoms with Gasteiger partial charge in [-0.25, -0.2) is 9.78 Å². The molecule has 0 unspecified atom stereocenters. The van der Waals surface area contributed by atoms with Crippen molar-refractivity contribution in [2.45, 2.75) is 77.3 Å². The highest BCUT2D eigenvalue weighted by Crippen LogP contribution is 2.40. The fraction of sp³-hybridized carbons (Fsp3) is 0.538. The van der Waals surface area contributed by atoms with Gasteiger partial charge in [-0.3, -0.25) is 9.69 Å². The van der Waals surface area contributed by atoms with Crippen LogP contribution in [0.4, 0.5) is 10.5 Å². The summed E-state index contributed by atoms with van der Waals surface area (Å²) in [6, 6.07) is 6.26. The summed E-state index contributed by atoms with van der Waals surface area (Å²) >= 11 is 0. The van der Waals surface area contributed by atoms with Crippen LogP contribution in [0.5, 0.6) is 0 Å². The highest BCUT2D eigenvalue weighted by molar-refractivity contribution is 5.95. The van der Waals surface area contributed by atoms with Gasteiger partial charge in [-0.05, 0) is 64.5 Å². The number of anilines is 1. The summed E-state index contributed by atoms with van der Waals surface area (Å²) < 4.78 is 12.8. The second kappa shape index (κ2) is 9.36. The van der Waals surface area contributed by atoms with Gasteiger partial charge in [0.2, 0.25) is 0 Å². The SMILES string of the molecule is COC(=O)N1c2ccc3c(nc(CCc4cc(C)no4)n3[C@H]3CC[C@H](C(=O)O)CC3)c2CC[C@@H]1C. The zero-order valence-corrected chi connectivity index (χ0v) is 20.5. The van der Waals surface area contributed by atoms with Crippen LogP contribution in [0.15, 0.2) is 22.7 Å². The number of fused-ring (bicyclic) bond motifs is 3. The van der Waals surface area contributed by atoms with Gasteiger partial charge in [0.1, 0.15) is 11.6 Å². The Kier molecular flexibility index (Phi) is 6.25. The van der Waals surface area contributed by atoms with Gasteiger partial charge < -0.3 is 18.9 Å². The summed E-state index contributed by atoms with van der Waals surface area (Å²) in [5, 5.41) is 13.5. The van der Waals surface area contributed by atoms with E-state index in [1.54, 1.807) is 4.90 Å². The molecule has 35 heavy (non-hydrogen) atoms. The van der Waals surface area contributed by atoms with Crippen molar-refractivity contribution in [3.8, 4) is 0 Å². The van der Waals surface area contributed by atoms with Crippen LogP contribution >= 0.6 is 0 Å². The number of amides is 1. The monoisotopic (exact) mass is 480 g/mol. The van der Waals surface area contributed by atoms with Crippen molar-refractivity contribution in [1.82, 2.24) is 14.7 Å². The van der Waals surface area contributed by atoms with Crippen molar-refractivity contribution in [1.29, 1.82) is 0 Å². The van der Waals surface area contributed by atoms with Gasteiger partial charge in [0.15, 0.2) is 0 Å². The van der Waals surface area contributed by atoms with Gasteiger partial charge in [-0.1, -0.05) is 5.16 Å². The van der Waals surface area contributed by atoms with E-state index in [1.807, 2.05) is 26.0 Å². The van der Waals surface area contributed by atoms with Crippen LogP contribution in [-0.4, -0.2) is 45.0 Å². The third kappa shape index (κ3) is 4.28. The Morgan fingerprint density at radius 3 is 2.60 bits per heavy atom. The number of hydrogen-bond donors (Lipinski definition) is 1. The molecule has 2 aliphatic rings. The molecular formula is C26H32N4O5. The number of carboxylic acids is 1. The second-order valence-corrected chi connectivity index (χ2v) is 9.84. The predicted molar refractivity (Wildman–Crippen MR) is 130 cm³/mol. The molecule has 0 bridgehead atoms. The average Bonchev–Trinajstić information content (AvgIpc) is 3.45. The molecule has 1 aromatic carbocycles. The van der Waals surface area contributed by atoms with E-state index in [-0.39, 0.29) is 24.1 Å². The number of ether oxygens (including phenoxy) is 1. The number of hydrogen-bond acceptors (Lipinski definition) is 6. The number of imidazole rings is 1. The van der Waals surface area contributed by atoms with Crippen LogP contribution in [0.2, 0.25) is 0 Å². The molecule has 1 aliphatic carbocycles. The summed E-state index contributed by atoms with van der Waals surface area (Å²) in [7, 11) is 1.41. The zero-order valence-electron chi connectivity index (χ0n) is 20.5. The van der Waals surface area contributed by atoms with E-state index in [9.17, 15) is 14.7 Å². The first-order valence-electron chi connectivity index (χ1n) is 12.4. The maximum atomic E-state index is 12.6. The minimum atomic E-state index is -0.703. The number of carboxylic acid groups (broad SMARTS) is 1. The fourth-order valence-corrected chi connectivity index (χ4v) is 5.76. The maximum absolute atomic E-state index is 12.6. The molecule has 1 N–H and O–H groups in total. The molecule has 1 atom stereocenters. The Balaban J connectivity index is 1.56. The molecule has 186 valence electrons. The van der Waals surface area contributed by atoms with Gasteiger partial charge in [0, 0.05) is 36.6 Å². The van der Waals surface area contributed by atoms with Crippen LogP contribution in [0, 0.1) is 12.8 Å². The van der Waals surface area contributed by atoms with Crippen molar-refractivity contribution in [3.63, 3.8) is 0 Å². The third-order valence-corrected chi connectivity index (χ3v) is 7.58. The first kappa shape index (κ1) is 23.4. The number of methoxy groups -OCH3 is 1. The number of carbonyl (C=O) groups is 2. The second-order valence-electron chi connectivity index (χ2n) is 9.84. The summed E-state index contributed by atoms with van der Waals surface area (Å²) in [5.74, 6) is 0.809. The predicted octanol–water partition coefficient (Wildman–Crippen LogP) is 4.84. The van der Waals surface area contributed by atoms with Crippen LogP contribution in [0.25, 0.3) is 11.0 Å². The van der Waals surface area contributed by atoms with E-state index in [4.69, 9.17) is 14.2 Å². The molecule has 3 heterocycles. The highest BCUT2D eigenvalue weighted by atomic mass is 16.5. The normalized spacial score (nSPS) is 22.3. The molecule has 0 saturated heterocycles. The standard InChI is InChI=1S/C26H32N4O5/c1-15-14-19(35-28-15)9-13-23-27-24-20-10-4-16(2)29(26(33)34-3)21(20)11-12-22(24)30(23)18-7-5-17(6-8-18)25(31)32/h11-12,14,16-18H,4-10,13H2,1-3H3,(H,31,32)/t16-,17-,18-/m0/s1. The number of benzene rings is 1. The largest absolute Gasteiger partial charge is 0.481 e. The average molecular weight is 481 g/mol. The van der Waals surface area contributed by atoms with Crippen molar-refractivity contribution >= 4 is 28.8 Å². The van der Waals surface area contributed by atoms with Crippen molar-refractivity contribution < 1.29 is 24.0 Å². The molecular weight excluding hydrogens is 448 g/mol. The fourth-order valence-electron chi connectivity index (χ4n) is 5.76. The van der Waals surface area contributed by atoms with E-state index in [2.05, 4.69) is 15.8 Å². The molecule has 0 radical (unpaired) electrons. The van der Waals surface area contributed by atoms with E-state index in [0.717, 1.165) is 65.2 Å². The lowest BCUT2D eigenvalue weighted by molar-refractivity contribution is -0.143. The third-order valence-electron chi connectivity index (χ3n) is 7.58. The van der Waals surface area contributed by atoms with Gasteiger partial charge in [-0.2, -0.15) is 0 Å². The Hall–Kier alpha value is -3.36. The number of aromatic nitrogens is 3. The summed E-state index contributed by atoms with van der Waals surface area (Å²) in [4.78, 5) is 30.9. The van der Waals surface area contributed by atoms with E-state index >= 15 is 0 Å². The topological polar surface area (TPSA) is 111 Å². The van der Waals surface area contributed by atoms with Crippen molar-refractivity contribution in [2.24, 2.45) is 5.92 Å². The molecule has 5 rings (SSSR count). The summed E-state index contributed by atoms with van der Waals surface area (Å²) in [5.41, 5.74) is 4.75. The Bertz CT molecular complexity index is 1250. The number of rotatable bonds is 5. The first-order chi connectivity index (χ1) is 16.9. The molecule has 2 aromatic heterocycles. The highest BCUT2D eigenvalue weighted by Gasteiger charge is 2.33. The molecule has 1 saturated carbocycles. The van der Waals surface area contributed by atoms with E-state index in [0.29, 0.717) is 25.7 Å². The molecule has 0 spiro atoms. The Morgan fingerprint density at radius 2 is 1.94 bits per heavy atom. The molecule has 9 nitrogen and oxygen atoms in total. The van der Waals surface area contributed by atoms with Crippen LogP contribution in [0.1, 0.15) is 67.9 Å². The smallest absolute Gasteiger partial charge is 0.414 e. The quantitative estimate of drug-likeness (QED) is 0.556. The lowest BCUT2D eigenvalue weighted by Gasteiger charge is -2.34. The zero-order chi connectivity index (χ0) is 24.7. The maximum Gasteiger partial charge on any atom is 0.414 e. The van der Waals surface area contributed by atoms with Crippen molar-refractivity contribution in [3.05, 3.63) is 41.0 Å². The number of aryl methyl sites for hydroxylation is 4. The van der Waals surface area contributed by atoms with Crippen LogP contribution in [0.3, 0.4) is 0 Å². The van der Waals surface area contributed by atoms with Crippen LogP contribution < -0.4 is 4.90 Å². The van der Waals surface area contributed by atoms with Crippen LogP contribution in [-0.2, 0) is 28.8 Å². The summed E-state index contributed by atoms with van der Waals surface area (Å²) in [6.45, 7) is 3.94.